The van der Waals surface area contributed by atoms with Gasteiger partial charge in [0.2, 0.25) is 0 Å². The highest BCUT2D eigenvalue weighted by Crippen LogP contribution is 2.14. The van der Waals surface area contributed by atoms with E-state index in [1.54, 1.807) is 0 Å². The molecule has 0 spiro atoms. The molecule has 1 N–H and O–H groups in total. The molecular formula is C14H15N3O3. The largest absolute Gasteiger partial charge is 0.494 e. The van der Waals surface area contributed by atoms with E-state index in [1.165, 1.54) is 18.3 Å². The summed E-state index contributed by atoms with van der Waals surface area (Å²) in [5, 5.41) is 13.6. The molecule has 2 rings (SSSR count). The van der Waals surface area contributed by atoms with Gasteiger partial charge in [0.1, 0.15) is 11.6 Å². The molecule has 6 nitrogen and oxygen atoms in total. The maximum Gasteiger partial charge on any atom is 0.274 e. The standard InChI is InChI=1S/C14H15N3O3/c18-17(19)12-7-9-16-14(11-12)15-8-4-10-20-13-5-2-1-3-6-13/h1-3,5-7,9,11H,4,8,10H2,(H,15,16). The van der Waals surface area contributed by atoms with Gasteiger partial charge in [-0.25, -0.2) is 4.98 Å². The molecule has 0 aliphatic heterocycles. The van der Waals surface area contributed by atoms with Crippen LogP contribution in [0, 0.1) is 10.1 Å². The highest BCUT2D eigenvalue weighted by molar-refractivity contribution is 5.44. The van der Waals surface area contributed by atoms with Crippen molar-refractivity contribution in [2.24, 2.45) is 0 Å². The molecule has 0 bridgehead atoms. The van der Waals surface area contributed by atoms with E-state index >= 15 is 0 Å². The normalized spacial score (nSPS) is 10.0. The number of benzene rings is 1. The number of nitro groups is 1. The van der Waals surface area contributed by atoms with Crippen LogP contribution < -0.4 is 10.1 Å². The lowest BCUT2D eigenvalue weighted by molar-refractivity contribution is -0.384. The Kier molecular flexibility index (Phi) is 4.88. The van der Waals surface area contributed by atoms with Crippen LogP contribution >= 0.6 is 0 Å². The van der Waals surface area contributed by atoms with E-state index in [2.05, 4.69) is 10.3 Å². The van der Waals surface area contributed by atoms with E-state index in [4.69, 9.17) is 4.74 Å². The van der Waals surface area contributed by atoms with Crippen LogP contribution in [0.25, 0.3) is 0 Å². The van der Waals surface area contributed by atoms with E-state index in [0.29, 0.717) is 19.0 Å². The molecule has 0 fully saturated rings. The van der Waals surface area contributed by atoms with Gasteiger partial charge >= 0.3 is 0 Å². The molecule has 20 heavy (non-hydrogen) atoms. The van der Waals surface area contributed by atoms with Crippen LogP contribution in [0.4, 0.5) is 11.5 Å². The lowest BCUT2D eigenvalue weighted by atomic mass is 10.3. The van der Waals surface area contributed by atoms with Gasteiger partial charge in [0.15, 0.2) is 0 Å². The van der Waals surface area contributed by atoms with Gasteiger partial charge in [-0.15, -0.1) is 0 Å². The van der Waals surface area contributed by atoms with Crippen LogP contribution in [0.1, 0.15) is 6.42 Å². The number of rotatable bonds is 7. The van der Waals surface area contributed by atoms with Crippen molar-refractivity contribution >= 4 is 11.5 Å². The van der Waals surface area contributed by atoms with Gasteiger partial charge in [0.25, 0.3) is 5.69 Å². The summed E-state index contributed by atoms with van der Waals surface area (Å²) in [5.74, 6) is 1.33. The Balaban J connectivity index is 1.71. The molecule has 0 aliphatic rings. The minimum Gasteiger partial charge on any atom is -0.494 e. The van der Waals surface area contributed by atoms with Crippen LogP contribution in [0.3, 0.4) is 0 Å². The summed E-state index contributed by atoms with van der Waals surface area (Å²) in [6.07, 6.45) is 2.19. The minimum absolute atomic E-state index is 0.0306. The van der Waals surface area contributed by atoms with E-state index in [9.17, 15) is 10.1 Å². The smallest absolute Gasteiger partial charge is 0.274 e. The van der Waals surface area contributed by atoms with Crippen LogP contribution in [0.5, 0.6) is 5.75 Å². The van der Waals surface area contributed by atoms with E-state index in [0.717, 1.165) is 12.2 Å². The summed E-state index contributed by atoms with van der Waals surface area (Å²) in [4.78, 5) is 14.2. The molecule has 0 atom stereocenters. The van der Waals surface area contributed by atoms with Gasteiger partial charge in [-0.05, 0) is 18.6 Å². The lowest BCUT2D eigenvalue weighted by Gasteiger charge is -2.07. The predicted octanol–water partition coefficient (Wildman–Crippen LogP) is 2.87. The van der Waals surface area contributed by atoms with E-state index < -0.39 is 4.92 Å². The third-order valence-corrected chi connectivity index (χ3v) is 2.59. The molecule has 0 aliphatic carbocycles. The molecule has 2 aromatic rings. The molecule has 1 aromatic heterocycles. The lowest BCUT2D eigenvalue weighted by Crippen LogP contribution is -2.08. The van der Waals surface area contributed by atoms with Gasteiger partial charge < -0.3 is 10.1 Å². The Morgan fingerprint density at radius 3 is 2.80 bits per heavy atom. The second-order valence-electron chi connectivity index (χ2n) is 4.10. The fourth-order valence-electron chi connectivity index (χ4n) is 1.62. The number of para-hydroxylation sites is 1. The topological polar surface area (TPSA) is 77.3 Å². The first-order chi connectivity index (χ1) is 9.75. The van der Waals surface area contributed by atoms with Crippen molar-refractivity contribution in [2.45, 2.75) is 6.42 Å². The van der Waals surface area contributed by atoms with Crippen LogP contribution in [-0.2, 0) is 0 Å². The zero-order chi connectivity index (χ0) is 14.2. The molecule has 6 heteroatoms. The molecule has 0 saturated carbocycles. The molecule has 1 aromatic carbocycles. The maximum atomic E-state index is 10.6. The Morgan fingerprint density at radius 1 is 1.25 bits per heavy atom. The van der Waals surface area contributed by atoms with Crippen molar-refractivity contribution in [3.05, 3.63) is 58.8 Å². The number of nitrogens with zero attached hydrogens (tertiary/aromatic N) is 2. The first kappa shape index (κ1) is 13.8. The third kappa shape index (κ3) is 4.24. The van der Waals surface area contributed by atoms with Crippen molar-refractivity contribution in [2.75, 3.05) is 18.5 Å². The highest BCUT2D eigenvalue weighted by atomic mass is 16.6. The van der Waals surface area contributed by atoms with Gasteiger partial charge in [-0.1, -0.05) is 18.2 Å². The summed E-state index contributed by atoms with van der Waals surface area (Å²) in [7, 11) is 0. The zero-order valence-electron chi connectivity index (χ0n) is 10.9. The van der Waals surface area contributed by atoms with Gasteiger partial charge in [0.05, 0.1) is 17.6 Å². The highest BCUT2D eigenvalue weighted by Gasteiger charge is 2.05. The van der Waals surface area contributed by atoms with Crippen molar-refractivity contribution < 1.29 is 9.66 Å². The fraction of sp³-hybridized carbons (Fsp3) is 0.214. The minimum atomic E-state index is -0.439. The molecule has 0 amide bonds. The first-order valence-corrected chi connectivity index (χ1v) is 6.28. The van der Waals surface area contributed by atoms with Crippen LogP contribution in [0.15, 0.2) is 48.7 Å². The SMILES string of the molecule is O=[N+]([O-])c1ccnc(NCCCOc2ccccc2)c1. The molecular weight excluding hydrogens is 258 g/mol. The molecule has 1 heterocycles. The molecule has 0 saturated heterocycles. The van der Waals surface area contributed by atoms with Crippen LogP contribution in [-0.4, -0.2) is 23.1 Å². The van der Waals surface area contributed by atoms with Gasteiger partial charge in [-0.2, -0.15) is 0 Å². The average Bonchev–Trinajstić information content (AvgIpc) is 2.48. The Labute approximate surface area is 116 Å². The number of pyridine rings is 1. The average molecular weight is 273 g/mol. The Morgan fingerprint density at radius 2 is 2.05 bits per heavy atom. The van der Waals surface area contributed by atoms with E-state index in [1.807, 2.05) is 30.3 Å². The summed E-state index contributed by atoms with van der Waals surface area (Å²) < 4.78 is 5.54. The van der Waals surface area contributed by atoms with Gasteiger partial charge in [-0.3, -0.25) is 10.1 Å². The number of nitrogens with one attached hydrogen (secondary N) is 1. The molecule has 0 unspecified atom stereocenters. The maximum absolute atomic E-state index is 10.6. The number of aromatic nitrogens is 1. The first-order valence-electron chi connectivity index (χ1n) is 6.28. The number of hydrogen-bond donors (Lipinski definition) is 1. The zero-order valence-corrected chi connectivity index (χ0v) is 10.9. The van der Waals surface area contributed by atoms with Crippen molar-refractivity contribution in [1.29, 1.82) is 0 Å². The van der Waals surface area contributed by atoms with Crippen molar-refractivity contribution in [1.82, 2.24) is 4.98 Å². The number of ether oxygens (including phenoxy) is 1. The van der Waals surface area contributed by atoms with E-state index in [-0.39, 0.29) is 5.69 Å². The fourth-order valence-corrected chi connectivity index (χ4v) is 1.62. The van der Waals surface area contributed by atoms with Crippen LogP contribution in [0.2, 0.25) is 0 Å². The number of hydrogen-bond acceptors (Lipinski definition) is 5. The number of anilines is 1. The Hall–Kier alpha value is -2.63. The quantitative estimate of drug-likeness (QED) is 0.477. The van der Waals surface area contributed by atoms with Crippen molar-refractivity contribution in [3.8, 4) is 5.75 Å². The molecule has 104 valence electrons. The van der Waals surface area contributed by atoms with Crippen molar-refractivity contribution in [3.63, 3.8) is 0 Å². The van der Waals surface area contributed by atoms with Gasteiger partial charge in [0, 0.05) is 18.8 Å². The second kappa shape index (κ2) is 7.08. The second-order valence-corrected chi connectivity index (χ2v) is 4.10. The summed E-state index contributed by atoms with van der Waals surface area (Å²) >= 11 is 0. The summed E-state index contributed by atoms with van der Waals surface area (Å²) in [5.41, 5.74) is 0.0306. The Bertz CT molecular complexity index is 561. The predicted molar refractivity (Wildman–Crippen MR) is 75.9 cm³/mol. The molecule has 0 radical (unpaired) electrons. The third-order valence-electron chi connectivity index (χ3n) is 2.59. The summed E-state index contributed by atoms with van der Waals surface area (Å²) in [6, 6.07) is 12.3. The monoisotopic (exact) mass is 273 g/mol. The summed E-state index contributed by atoms with van der Waals surface area (Å²) in [6.45, 7) is 1.22.